The van der Waals surface area contributed by atoms with Crippen LogP contribution in [0, 0.1) is 0 Å². The zero-order valence-electron chi connectivity index (χ0n) is 11.8. The van der Waals surface area contributed by atoms with Crippen molar-refractivity contribution in [1.82, 2.24) is 9.80 Å². The van der Waals surface area contributed by atoms with Gasteiger partial charge in [0.1, 0.15) is 5.75 Å². The number of aromatic hydroxyl groups is 1. The lowest BCUT2D eigenvalue weighted by Gasteiger charge is -2.38. The number of carboxylic acids is 1. The molecule has 0 bridgehead atoms. The third kappa shape index (κ3) is 3.49. The van der Waals surface area contributed by atoms with Crippen LogP contribution in [0.25, 0.3) is 0 Å². The number of piperazine rings is 1. The van der Waals surface area contributed by atoms with E-state index in [4.69, 9.17) is 5.11 Å². The smallest absolute Gasteiger partial charge is 0.317 e. The minimum absolute atomic E-state index is 0.112. The van der Waals surface area contributed by atoms with Gasteiger partial charge >= 0.3 is 5.97 Å². The van der Waals surface area contributed by atoms with Crippen molar-refractivity contribution < 1.29 is 15.0 Å². The maximum absolute atomic E-state index is 10.7. The first-order valence-corrected chi connectivity index (χ1v) is 7.08. The molecule has 1 aliphatic rings. The lowest BCUT2D eigenvalue weighted by Crippen LogP contribution is -2.48. The summed E-state index contributed by atoms with van der Waals surface area (Å²) in [5, 5.41) is 18.8. The Morgan fingerprint density at radius 3 is 2.45 bits per heavy atom. The average molecular weight is 278 g/mol. The van der Waals surface area contributed by atoms with Gasteiger partial charge in [-0.05, 0) is 12.5 Å². The van der Waals surface area contributed by atoms with Gasteiger partial charge in [-0.25, -0.2) is 0 Å². The molecule has 1 aliphatic heterocycles. The predicted molar refractivity (Wildman–Crippen MR) is 76.8 cm³/mol. The van der Waals surface area contributed by atoms with Crippen molar-refractivity contribution in [2.75, 3.05) is 32.7 Å². The maximum atomic E-state index is 10.7. The van der Waals surface area contributed by atoms with Crippen LogP contribution in [0.5, 0.6) is 5.75 Å². The summed E-state index contributed by atoms with van der Waals surface area (Å²) in [6.07, 6.45) is 0.927. The summed E-state index contributed by atoms with van der Waals surface area (Å²) in [5.41, 5.74) is 0.960. The molecule has 0 aromatic heterocycles. The van der Waals surface area contributed by atoms with Crippen molar-refractivity contribution in [3.8, 4) is 5.75 Å². The molecule has 1 aromatic carbocycles. The molecule has 1 fully saturated rings. The molecule has 1 saturated heterocycles. The molecule has 0 saturated carbocycles. The van der Waals surface area contributed by atoms with Crippen LogP contribution in [0.2, 0.25) is 0 Å². The normalized spacial score (nSPS) is 18.9. The molecule has 1 atom stereocenters. The lowest BCUT2D eigenvalue weighted by atomic mass is 10.0. The van der Waals surface area contributed by atoms with Crippen molar-refractivity contribution in [2.45, 2.75) is 19.4 Å². The molecule has 1 aromatic rings. The largest absolute Gasteiger partial charge is 0.508 e. The summed E-state index contributed by atoms with van der Waals surface area (Å²) >= 11 is 0. The van der Waals surface area contributed by atoms with Crippen LogP contribution >= 0.6 is 0 Å². The van der Waals surface area contributed by atoms with Gasteiger partial charge in [0, 0.05) is 37.8 Å². The number of nitrogens with zero attached hydrogens (tertiary/aromatic N) is 2. The van der Waals surface area contributed by atoms with Crippen molar-refractivity contribution >= 4 is 5.97 Å². The molecule has 0 radical (unpaired) electrons. The van der Waals surface area contributed by atoms with Gasteiger partial charge in [0.2, 0.25) is 0 Å². The fraction of sp³-hybridized carbons (Fsp3) is 0.533. The average Bonchev–Trinajstić information content (AvgIpc) is 2.43. The minimum Gasteiger partial charge on any atom is -0.508 e. The highest BCUT2D eigenvalue weighted by Gasteiger charge is 2.25. The highest BCUT2D eigenvalue weighted by atomic mass is 16.4. The maximum Gasteiger partial charge on any atom is 0.317 e. The summed E-state index contributed by atoms with van der Waals surface area (Å²) in [5.74, 6) is -0.432. The van der Waals surface area contributed by atoms with Crippen LogP contribution in [-0.4, -0.2) is 58.7 Å². The van der Waals surface area contributed by atoms with Gasteiger partial charge in [0.25, 0.3) is 0 Å². The number of benzene rings is 1. The Bertz CT molecular complexity index is 456. The lowest BCUT2D eigenvalue weighted by molar-refractivity contribution is -0.138. The molecular weight excluding hydrogens is 256 g/mol. The predicted octanol–water partition coefficient (Wildman–Crippen LogP) is 1.55. The highest BCUT2D eigenvalue weighted by Crippen LogP contribution is 2.31. The van der Waals surface area contributed by atoms with Gasteiger partial charge in [-0.1, -0.05) is 25.1 Å². The SMILES string of the molecule is CCC(c1ccccc1O)N1CCN(CC(=O)O)CC1. The first kappa shape index (κ1) is 14.8. The molecule has 110 valence electrons. The molecule has 0 amide bonds. The zero-order valence-corrected chi connectivity index (χ0v) is 11.8. The summed E-state index contributed by atoms with van der Waals surface area (Å²) in [7, 11) is 0. The Balaban J connectivity index is 2.01. The van der Waals surface area contributed by atoms with E-state index in [0.29, 0.717) is 5.75 Å². The van der Waals surface area contributed by atoms with E-state index < -0.39 is 5.97 Å². The summed E-state index contributed by atoms with van der Waals surface area (Å²) < 4.78 is 0. The molecule has 5 heteroatoms. The van der Waals surface area contributed by atoms with Crippen LogP contribution in [0.3, 0.4) is 0 Å². The van der Waals surface area contributed by atoms with E-state index in [1.807, 2.05) is 23.1 Å². The van der Waals surface area contributed by atoms with Crippen LogP contribution < -0.4 is 0 Å². The van der Waals surface area contributed by atoms with Crippen LogP contribution in [-0.2, 0) is 4.79 Å². The first-order chi connectivity index (χ1) is 9.61. The molecule has 20 heavy (non-hydrogen) atoms. The minimum atomic E-state index is -0.772. The third-order valence-electron chi connectivity index (χ3n) is 3.89. The van der Waals surface area contributed by atoms with E-state index in [2.05, 4.69) is 11.8 Å². The highest BCUT2D eigenvalue weighted by molar-refractivity contribution is 5.69. The molecule has 0 aliphatic carbocycles. The number of carboxylic acid groups (broad SMARTS) is 1. The van der Waals surface area contributed by atoms with Gasteiger partial charge in [-0.2, -0.15) is 0 Å². The van der Waals surface area contributed by atoms with Crippen LogP contribution in [0.1, 0.15) is 24.9 Å². The quantitative estimate of drug-likeness (QED) is 0.855. The fourth-order valence-corrected chi connectivity index (χ4v) is 2.87. The van der Waals surface area contributed by atoms with Crippen molar-refractivity contribution in [1.29, 1.82) is 0 Å². The van der Waals surface area contributed by atoms with Gasteiger partial charge < -0.3 is 10.2 Å². The number of aliphatic carboxylic acids is 1. The van der Waals surface area contributed by atoms with Crippen molar-refractivity contribution in [3.63, 3.8) is 0 Å². The molecule has 2 N–H and O–H groups in total. The molecule has 5 nitrogen and oxygen atoms in total. The molecule has 1 unspecified atom stereocenters. The zero-order chi connectivity index (χ0) is 14.5. The second-order valence-corrected chi connectivity index (χ2v) is 5.19. The number of para-hydroxylation sites is 1. The van der Waals surface area contributed by atoms with Crippen molar-refractivity contribution in [3.05, 3.63) is 29.8 Å². The van der Waals surface area contributed by atoms with Gasteiger partial charge in [0.15, 0.2) is 0 Å². The Hall–Kier alpha value is -1.59. The summed E-state index contributed by atoms with van der Waals surface area (Å²) in [4.78, 5) is 15.0. The van der Waals surface area contributed by atoms with E-state index in [1.165, 1.54) is 0 Å². The fourth-order valence-electron chi connectivity index (χ4n) is 2.87. The van der Waals surface area contributed by atoms with E-state index >= 15 is 0 Å². The van der Waals surface area contributed by atoms with Gasteiger partial charge in [-0.3, -0.25) is 14.6 Å². The third-order valence-corrected chi connectivity index (χ3v) is 3.89. The topological polar surface area (TPSA) is 64.0 Å². The number of carbonyl (C=O) groups is 1. The number of hydrogen-bond acceptors (Lipinski definition) is 4. The van der Waals surface area contributed by atoms with Crippen molar-refractivity contribution in [2.24, 2.45) is 0 Å². The molecule has 2 rings (SSSR count). The number of hydrogen-bond donors (Lipinski definition) is 2. The van der Waals surface area contributed by atoms with Gasteiger partial charge in [0.05, 0.1) is 6.54 Å². The number of rotatable bonds is 5. The van der Waals surface area contributed by atoms with E-state index in [-0.39, 0.29) is 12.6 Å². The van der Waals surface area contributed by atoms with E-state index in [1.54, 1.807) is 6.07 Å². The Labute approximate surface area is 119 Å². The van der Waals surface area contributed by atoms with Gasteiger partial charge in [-0.15, -0.1) is 0 Å². The summed E-state index contributed by atoms with van der Waals surface area (Å²) in [6, 6.07) is 7.66. The molecular formula is C15H22N2O3. The molecule has 0 spiro atoms. The second-order valence-electron chi connectivity index (χ2n) is 5.19. The Kier molecular flexibility index (Phi) is 4.98. The number of phenols is 1. The monoisotopic (exact) mass is 278 g/mol. The standard InChI is InChI=1S/C15H22N2O3/c1-2-13(12-5-3-4-6-14(12)18)17-9-7-16(8-10-17)11-15(19)20/h3-6,13,18H,2,7-11H2,1H3,(H,19,20). The van der Waals surface area contributed by atoms with E-state index in [0.717, 1.165) is 38.2 Å². The second kappa shape index (κ2) is 6.72. The Morgan fingerprint density at radius 1 is 1.25 bits per heavy atom. The Morgan fingerprint density at radius 2 is 1.90 bits per heavy atom. The molecule has 1 heterocycles. The van der Waals surface area contributed by atoms with Crippen LogP contribution in [0.4, 0.5) is 0 Å². The first-order valence-electron chi connectivity index (χ1n) is 7.08. The van der Waals surface area contributed by atoms with Crippen LogP contribution in [0.15, 0.2) is 24.3 Å². The van der Waals surface area contributed by atoms with E-state index in [9.17, 15) is 9.90 Å². The summed E-state index contributed by atoms with van der Waals surface area (Å²) in [6.45, 7) is 5.41. The number of phenolic OH excluding ortho intramolecular Hbond substituents is 1.